The first kappa shape index (κ1) is 11.8. The lowest BCUT2D eigenvalue weighted by Gasteiger charge is -2.19. The second-order valence-corrected chi connectivity index (χ2v) is 5.98. The lowest BCUT2D eigenvalue weighted by atomic mass is 10.0. The Labute approximate surface area is 116 Å². The summed E-state index contributed by atoms with van der Waals surface area (Å²) in [4.78, 5) is 16.9. The van der Waals surface area contributed by atoms with Crippen molar-refractivity contribution in [1.29, 1.82) is 0 Å². The van der Waals surface area contributed by atoms with Crippen LogP contribution in [0.2, 0.25) is 0 Å². The molecule has 104 valence electrons. The zero-order valence-electron chi connectivity index (χ0n) is 11.4. The van der Waals surface area contributed by atoms with Gasteiger partial charge in [0, 0.05) is 31.7 Å². The maximum Gasteiger partial charge on any atom is 0.253 e. The van der Waals surface area contributed by atoms with Crippen molar-refractivity contribution >= 4 is 16.9 Å². The number of aromatic nitrogens is 3. The minimum absolute atomic E-state index is 0.118. The fourth-order valence-electron chi connectivity index (χ4n) is 3.55. The number of carbonyl (C=O) groups is 1. The van der Waals surface area contributed by atoms with E-state index in [0.717, 1.165) is 37.2 Å². The highest BCUT2D eigenvalue weighted by atomic mass is 16.2. The average molecular weight is 271 g/mol. The van der Waals surface area contributed by atoms with Crippen LogP contribution in [-0.4, -0.2) is 64.3 Å². The maximum absolute atomic E-state index is 12.6. The van der Waals surface area contributed by atoms with Crippen molar-refractivity contribution < 1.29 is 4.79 Å². The molecule has 6 nitrogen and oxygen atoms in total. The molecule has 2 aliphatic heterocycles. The first-order valence-electron chi connectivity index (χ1n) is 6.99. The summed E-state index contributed by atoms with van der Waals surface area (Å²) in [5.74, 6) is 1.39. The van der Waals surface area contributed by atoms with E-state index in [-0.39, 0.29) is 5.91 Å². The quantitative estimate of drug-likeness (QED) is 0.824. The fraction of sp³-hybridized carbons (Fsp3) is 0.500. The number of hydrogen-bond donors (Lipinski definition) is 1. The standard InChI is InChI=1S/C14H17N5O/c1-18-5-10-7-19(8-11(10)6-18)14(20)9-2-3-12-13(4-9)16-17-15-12/h2-4,10-11H,5-8H2,1H3,(H,15,16,17). The molecule has 0 spiro atoms. The van der Waals surface area contributed by atoms with Crippen molar-refractivity contribution in [2.45, 2.75) is 0 Å². The Balaban J connectivity index is 1.55. The molecule has 1 aromatic carbocycles. The summed E-state index contributed by atoms with van der Waals surface area (Å²) in [6, 6.07) is 5.51. The minimum Gasteiger partial charge on any atom is -0.338 e. The number of fused-ring (bicyclic) bond motifs is 2. The Hall–Kier alpha value is -1.95. The van der Waals surface area contributed by atoms with Gasteiger partial charge < -0.3 is 9.80 Å². The second-order valence-electron chi connectivity index (χ2n) is 5.98. The van der Waals surface area contributed by atoms with Gasteiger partial charge >= 0.3 is 0 Å². The van der Waals surface area contributed by atoms with Gasteiger partial charge in [0.05, 0.1) is 0 Å². The van der Waals surface area contributed by atoms with Crippen LogP contribution in [0.5, 0.6) is 0 Å². The molecule has 0 aliphatic carbocycles. The third kappa shape index (κ3) is 1.79. The molecule has 0 radical (unpaired) electrons. The number of H-pyrrole nitrogens is 1. The molecular formula is C14H17N5O. The van der Waals surface area contributed by atoms with E-state index >= 15 is 0 Å². The average Bonchev–Trinajstić information content (AvgIpc) is 3.09. The topological polar surface area (TPSA) is 65.1 Å². The van der Waals surface area contributed by atoms with Gasteiger partial charge in [-0.05, 0) is 37.1 Å². The normalized spacial score (nSPS) is 26.4. The highest BCUT2D eigenvalue weighted by Crippen LogP contribution is 2.31. The highest BCUT2D eigenvalue weighted by Gasteiger charge is 2.40. The van der Waals surface area contributed by atoms with Crippen molar-refractivity contribution in [2.75, 3.05) is 33.2 Å². The molecule has 2 unspecified atom stereocenters. The summed E-state index contributed by atoms with van der Waals surface area (Å²) < 4.78 is 0. The monoisotopic (exact) mass is 271 g/mol. The Morgan fingerprint density at radius 2 is 1.85 bits per heavy atom. The second kappa shape index (κ2) is 4.28. The maximum atomic E-state index is 12.6. The van der Waals surface area contributed by atoms with Gasteiger partial charge in [0.15, 0.2) is 0 Å². The van der Waals surface area contributed by atoms with Crippen molar-refractivity contribution in [3.8, 4) is 0 Å². The SMILES string of the molecule is CN1CC2CN(C(=O)c3ccc4n[nH]nc4c3)CC2C1. The van der Waals surface area contributed by atoms with Gasteiger partial charge in [-0.1, -0.05) is 0 Å². The number of likely N-dealkylation sites (tertiary alicyclic amines) is 2. The Kier molecular flexibility index (Phi) is 2.53. The fourth-order valence-corrected chi connectivity index (χ4v) is 3.55. The summed E-state index contributed by atoms with van der Waals surface area (Å²) in [5.41, 5.74) is 2.25. The molecule has 1 N–H and O–H groups in total. The highest BCUT2D eigenvalue weighted by molar-refractivity contribution is 5.97. The molecule has 1 aromatic heterocycles. The van der Waals surface area contributed by atoms with E-state index in [4.69, 9.17) is 0 Å². The first-order valence-corrected chi connectivity index (χ1v) is 6.99. The molecule has 20 heavy (non-hydrogen) atoms. The lowest BCUT2D eigenvalue weighted by Crippen LogP contribution is -2.32. The molecule has 0 bridgehead atoms. The molecule has 4 rings (SSSR count). The van der Waals surface area contributed by atoms with E-state index in [0.29, 0.717) is 17.4 Å². The molecular weight excluding hydrogens is 254 g/mol. The third-order valence-electron chi connectivity index (χ3n) is 4.52. The van der Waals surface area contributed by atoms with E-state index < -0.39 is 0 Å². The van der Waals surface area contributed by atoms with Crippen LogP contribution < -0.4 is 0 Å². The van der Waals surface area contributed by atoms with Crippen molar-refractivity contribution in [2.24, 2.45) is 11.8 Å². The molecule has 2 aromatic rings. The number of amides is 1. The Bertz CT molecular complexity index is 652. The van der Waals surface area contributed by atoms with Crippen LogP contribution in [0.15, 0.2) is 18.2 Å². The summed E-state index contributed by atoms with van der Waals surface area (Å²) >= 11 is 0. The molecule has 0 saturated carbocycles. The van der Waals surface area contributed by atoms with Crippen LogP contribution in [-0.2, 0) is 0 Å². The molecule has 2 saturated heterocycles. The summed E-state index contributed by atoms with van der Waals surface area (Å²) in [6.45, 7) is 3.98. The van der Waals surface area contributed by atoms with Gasteiger partial charge in [0.25, 0.3) is 5.91 Å². The zero-order valence-corrected chi connectivity index (χ0v) is 11.4. The van der Waals surface area contributed by atoms with Crippen LogP contribution in [0.3, 0.4) is 0 Å². The predicted molar refractivity (Wildman–Crippen MR) is 74.3 cm³/mol. The summed E-state index contributed by atoms with van der Waals surface area (Å²) in [7, 11) is 2.16. The lowest BCUT2D eigenvalue weighted by molar-refractivity contribution is 0.0776. The Morgan fingerprint density at radius 1 is 1.15 bits per heavy atom. The van der Waals surface area contributed by atoms with E-state index in [2.05, 4.69) is 27.4 Å². The zero-order chi connectivity index (χ0) is 13.7. The van der Waals surface area contributed by atoms with Crippen molar-refractivity contribution in [3.05, 3.63) is 23.8 Å². The van der Waals surface area contributed by atoms with E-state index in [9.17, 15) is 4.79 Å². The molecule has 2 atom stereocenters. The van der Waals surface area contributed by atoms with Gasteiger partial charge in [-0.2, -0.15) is 15.4 Å². The van der Waals surface area contributed by atoms with Gasteiger partial charge in [0.1, 0.15) is 11.0 Å². The Morgan fingerprint density at radius 3 is 2.60 bits per heavy atom. The number of hydrogen-bond acceptors (Lipinski definition) is 4. The largest absolute Gasteiger partial charge is 0.338 e. The van der Waals surface area contributed by atoms with Crippen LogP contribution in [0.25, 0.3) is 11.0 Å². The van der Waals surface area contributed by atoms with Crippen molar-refractivity contribution in [1.82, 2.24) is 25.2 Å². The van der Waals surface area contributed by atoms with Gasteiger partial charge in [0.2, 0.25) is 0 Å². The molecule has 6 heteroatoms. The number of aromatic amines is 1. The van der Waals surface area contributed by atoms with Gasteiger partial charge in [-0.3, -0.25) is 4.79 Å². The summed E-state index contributed by atoms with van der Waals surface area (Å²) in [5, 5.41) is 10.6. The van der Waals surface area contributed by atoms with Crippen LogP contribution in [0, 0.1) is 11.8 Å². The van der Waals surface area contributed by atoms with E-state index in [1.165, 1.54) is 0 Å². The van der Waals surface area contributed by atoms with Gasteiger partial charge in [-0.15, -0.1) is 0 Å². The number of rotatable bonds is 1. The minimum atomic E-state index is 0.118. The number of benzene rings is 1. The van der Waals surface area contributed by atoms with E-state index in [1.54, 1.807) is 0 Å². The predicted octanol–water partition coefficient (Wildman–Crippen LogP) is 0.591. The smallest absolute Gasteiger partial charge is 0.253 e. The van der Waals surface area contributed by atoms with Crippen LogP contribution >= 0.6 is 0 Å². The summed E-state index contributed by atoms with van der Waals surface area (Å²) in [6.07, 6.45) is 0. The third-order valence-corrected chi connectivity index (χ3v) is 4.52. The number of nitrogens with zero attached hydrogens (tertiary/aromatic N) is 4. The first-order chi connectivity index (χ1) is 9.70. The van der Waals surface area contributed by atoms with Crippen LogP contribution in [0.4, 0.5) is 0 Å². The van der Waals surface area contributed by atoms with Gasteiger partial charge in [-0.25, -0.2) is 0 Å². The molecule has 1 amide bonds. The molecule has 2 aliphatic rings. The molecule has 2 fully saturated rings. The molecule has 3 heterocycles. The number of nitrogens with one attached hydrogen (secondary N) is 1. The number of carbonyl (C=O) groups excluding carboxylic acids is 1. The van der Waals surface area contributed by atoms with E-state index in [1.807, 2.05) is 23.1 Å². The van der Waals surface area contributed by atoms with Crippen LogP contribution in [0.1, 0.15) is 10.4 Å². The van der Waals surface area contributed by atoms with Crippen molar-refractivity contribution in [3.63, 3.8) is 0 Å².